The number of benzene rings is 5. The number of nitrogen functional groups attached to an aromatic ring is 2. The molecule has 12 heterocycles. The van der Waals surface area contributed by atoms with Crippen LogP contribution in [0.25, 0.3) is 50.3 Å². The Morgan fingerprint density at radius 2 is 0.629 bits per heavy atom. The number of aromatic nitrogens is 6. The minimum Gasteiger partial charge on any atom is -0.399 e. The van der Waals surface area contributed by atoms with Gasteiger partial charge in [-0.3, -0.25) is 0 Å². The summed E-state index contributed by atoms with van der Waals surface area (Å²) in [6.07, 6.45) is 25.1. The molecule has 0 unspecified atom stereocenters. The zero-order valence-corrected chi connectivity index (χ0v) is 73.8. The van der Waals surface area contributed by atoms with Crippen molar-refractivity contribution < 1.29 is 47.4 Å². The number of urea groups is 6. The molecule has 124 heavy (non-hydrogen) atoms. The van der Waals surface area contributed by atoms with E-state index in [1.165, 1.54) is 0 Å². The van der Waals surface area contributed by atoms with Crippen LogP contribution in [0.3, 0.4) is 0 Å². The Morgan fingerprint density at radius 1 is 0.347 bits per heavy atom. The van der Waals surface area contributed by atoms with Crippen LogP contribution in [0.1, 0.15) is 135 Å². The maximum absolute atomic E-state index is 12.5. The number of pyridine rings is 3. The van der Waals surface area contributed by atoms with Crippen LogP contribution in [0, 0.1) is 34.6 Å². The lowest BCUT2D eigenvalue weighted by Crippen LogP contribution is -2.41. The number of likely N-dealkylation sites (tertiary alicyclic amines) is 4. The van der Waals surface area contributed by atoms with Crippen molar-refractivity contribution >= 4 is 124 Å². The molecule has 32 heteroatoms. The van der Waals surface area contributed by atoms with Crippen molar-refractivity contribution in [1.29, 1.82) is 0 Å². The van der Waals surface area contributed by atoms with Crippen molar-refractivity contribution in [1.82, 2.24) is 58.4 Å². The van der Waals surface area contributed by atoms with E-state index in [1.807, 2.05) is 241 Å². The Labute approximate surface area is 725 Å². The van der Waals surface area contributed by atoms with Crippen LogP contribution in [0.15, 0.2) is 165 Å². The first kappa shape index (κ1) is 89.1. The number of nitrogens with two attached hydrogens (primary N) is 2. The first-order chi connectivity index (χ1) is 59.2. The fourth-order valence-corrected chi connectivity index (χ4v) is 15.7. The minimum absolute atomic E-state index is 0.0256. The van der Waals surface area contributed by atoms with Crippen LogP contribution < -0.4 is 64.9 Å². The molecule has 5 aromatic carbocycles. The molecule has 17 rings (SSSR count). The van der Waals surface area contributed by atoms with Gasteiger partial charge in [0.15, 0.2) is 16.9 Å². The number of anilines is 8. The summed E-state index contributed by atoms with van der Waals surface area (Å²) in [6.45, 7) is 32.9. The first-order valence-corrected chi connectivity index (χ1v) is 42.5. The number of nitrogens with one attached hydrogen (secondary N) is 8. The summed E-state index contributed by atoms with van der Waals surface area (Å²) in [5.41, 5.74) is 31.4. The molecule has 6 aromatic heterocycles. The summed E-state index contributed by atoms with van der Waals surface area (Å²) < 4.78 is 30.0. The highest BCUT2D eigenvalue weighted by Gasteiger charge is 2.53. The average Bonchev–Trinajstić information content (AvgIpc) is 1.59. The molecule has 6 aliphatic heterocycles. The summed E-state index contributed by atoms with van der Waals surface area (Å²) in [6, 6.07) is 34.2. The summed E-state index contributed by atoms with van der Waals surface area (Å²) in [4.78, 5) is 93.8. The predicted octanol–water partition coefficient (Wildman–Crippen LogP) is 15.7. The maximum Gasteiger partial charge on any atom is 0.495 e. The van der Waals surface area contributed by atoms with Crippen LogP contribution in [-0.2, 0) is 18.6 Å². The van der Waals surface area contributed by atoms with Crippen LogP contribution in [-0.4, -0.2) is 187 Å². The molecular formula is C92H116B2N20O10. The largest absolute Gasteiger partial charge is 0.495 e. The quantitative estimate of drug-likeness (QED) is 0.0425. The lowest BCUT2D eigenvalue weighted by Gasteiger charge is -2.32. The molecule has 6 fully saturated rings. The molecule has 12 amide bonds. The molecule has 0 saturated carbocycles. The van der Waals surface area contributed by atoms with Crippen LogP contribution in [0.5, 0.6) is 0 Å². The highest BCUT2D eigenvalue weighted by Crippen LogP contribution is 2.41. The number of carbonyl (C=O) groups is 6. The second-order valence-corrected chi connectivity index (χ2v) is 34.0. The van der Waals surface area contributed by atoms with E-state index in [1.54, 1.807) is 32.7 Å². The van der Waals surface area contributed by atoms with Gasteiger partial charge in [0.2, 0.25) is 0 Å². The molecular weight excluding hydrogens is 1570 g/mol. The number of carbonyl (C=O) groups excluding carboxylic acids is 6. The number of hydrogen-bond donors (Lipinski definition) is 10. The van der Waals surface area contributed by atoms with Crippen LogP contribution in [0.4, 0.5) is 74.3 Å². The summed E-state index contributed by atoms with van der Waals surface area (Å²) in [7, 11) is 2.39. The molecule has 0 bridgehead atoms. The number of nitrogens with zero attached hydrogens (tertiary/aromatic N) is 10. The van der Waals surface area contributed by atoms with E-state index in [9.17, 15) is 28.8 Å². The average molecular weight is 1680 g/mol. The lowest BCUT2D eigenvalue weighted by molar-refractivity contribution is 0.00578. The van der Waals surface area contributed by atoms with Crippen molar-refractivity contribution in [2.24, 2.45) is 0 Å². The second kappa shape index (κ2) is 38.0. The first-order valence-electron chi connectivity index (χ1n) is 42.5. The molecule has 650 valence electrons. The number of fused-ring (bicyclic) bond motifs is 3. The molecule has 0 radical (unpaired) electrons. The SMILES string of the molecule is CNC(=O)Nc1cc(-c2cccc(NC(=O)N3CCCC3)c2C)cn2ccnc12.CNC(=O)Nc1cc(-c2cccc(NC(=O)N3CCCC3)c2C)cn2ccnc12.Cc1c(N)cccc1B1OC(C)(C)C(C)(C)O1.Cc1c(NC(=O)N2CCCC2)cccc1-c1cc(N)c2nccn2c1.Cc1c(NC(=O)N2CCCC2)cccc1B1OC(C)(C)C(C)(C)O1. The third-order valence-electron chi connectivity index (χ3n) is 24.7. The molecule has 6 saturated heterocycles. The van der Waals surface area contributed by atoms with E-state index < -0.39 is 7.12 Å². The van der Waals surface area contributed by atoms with Gasteiger partial charge in [0.05, 0.1) is 39.5 Å². The zero-order chi connectivity index (χ0) is 88.5. The number of imidazole rings is 3. The molecule has 11 aromatic rings. The van der Waals surface area contributed by atoms with E-state index in [0.29, 0.717) is 28.4 Å². The van der Waals surface area contributed by atoms with Crippen molar-refractivity contribution in [3.8, 4) is 33.4 Å². The van der Waals surface area contributed by atoms with E-state index >= 15 is 0 Å². The van der Waals surface area contributed by atoms with Gasteiger partial charge in [0, 0.05) is 167 Å². The number of rotatable bonds is 11. The van der Waals surface area contributed by atoms with Gasteiger partial charge >= 0.3 is 50.4 Å². The maximum atomic E-state index is 12.5. The van der Waals surface area contributed by atoms with Gasteiger partial charge in [-0.05, 0) is 245 Å². The summed E-state index contributed by atoms with van der Waals surface area (Å²) in [5, 5.41) is 22.9. The standard InChI is InChI=1S/2C21H24N6O2.C19H21N5O.C18H27BN2O3.C13H20BNO2/c2*1-14-16(6-5-7-17(14)25-21(29)26-9-3-4-10-26)15-12-18(24-20(28)22-2)19-23-8-11-27(19)13-15;1-13-15(14-11-16(20)18-21-7-10-24(18)12-14)5-4-6-17(13)22-19(25)23-8-2-3-9-23;1-13-14(19-23-17(2,3)18(4,5)24-19)9-8-10-15(13)20-16(22)21-11-6-7-12-21;1-9-10(7-6-8-11(9)15)14-16-12(2,3)13(4,5)17-14/h2*5-8,11-13H,3-4,9-10H2,1-2H3,(H,25,29)(H2,22,24,28);4-7,10-12H,2-3,8-9,20H2,1H3,(H,22,25);8-10H,6-7,11-12H2,1-5H3,(H,20,22);6-8H,15H2,1-5H3. The van der Waals surface area contributed by atoms with Gasteiger partial charge in [0.1, 0.15) is 0 Å². The third-order valence-corrected chi connectivity index (χ3v) is 24.7. The highest BCUT2D eigenvalue weighted by molar-refractivity contribution is 6.63. The van der Waals surface area contributed by atoms with Gasteiger partial charge in [-0.25, -0.2) is 43.7 Å². The van der Waals surface area contributed by atoms with Gasteiger partial charge in [-0.15, -0.1) is 0 Å². The summed E-state index contributed by atoms with van der Waals surface area (Å²) in [5.74, 6) is 0. The van der Waals surface area contributed by atoms with E-state index in [0.717, 1.165) is 210 Å². The number of hydrogen-bond acceptors (Lipinski definition) is 15. The van der Waals surface area contributed by atoms with Gasteiger partial charge in [-0.2, -0.15) is 0 Å². The van der Waals surface area contributed by atoms with Crippen molar-refractivity contribution in [2.45, 2.75) is 164 Å². The fraction of sp³-hybridized carbons (Fsp3) is 0.380. The fourth-order valence-electron chi connectivity index (χ4n) is 15.7. The van der Waals surface area contributed by atoms with Gasteiger partial charge in [-0.1, -0.05) is 60.7 Å². The smallest absolute Gasteiger partial charge is 0.399 e. The minimum atomic E-state index is -0.418. The van der Waals surface area contributed by atoms with Gasteiger partial charge in [0.25, 0.3) is 0 Å². The molecule has 30 nitrogen and oxygen atoms in total. The monoisotopic (exact) mass is 1680 g/mol. The van der Waals surface area contributed by atoms with Crippen molar-refractivity contribution in [3.05, 3.63) is 193 Å². The highest BCUT2D eigenvalue weighted by atomic mass is 16.7. The third kappa shape index (κ3) is 20.0. The Balaban J connectivity index is 0.000000135. The molecule has 12 N–H and O–H groups in total. The normalized spacial score (nSPS) is 16.4. The molecule has 0 spiro atoms. The zero-order valence-electron chi connectivity index (χ0n) is 73.8. The Hall–Kier alpha value is -12.6. The van der Waals surface area contributed by atoms with E-state index in [-0.39, 0.29) is 65.7 Å². The van der Waals surface area contributed by atoms with Crippen molar-refractivity contribution in [2.75, 3.05) is 110 Å². The second-order valence-electron chi connectivity index (χ2n) is 34.0. The topological polar surface area (TPSA) is 352 Å². The number of amides is 12. The molecule has 0 aliphatic carbocycles. The van der Waals surface area contributed by atoms with Crippen LogP contribution in [0.2, 0.25) is 0 Å². The molecule has 0 atom stereocenters. The van der Waals surface area contributed by atoms with Crippen LogP contribution >= 0.6 is 0 Å². The van der Waals surface area contributed by atoms with E-state index in [2.05, 4.69) is 85.2 Å². The van der Waals surface area contributed by atoms with Gasteiger partial charge < -0.3 is 105 Å². The Morgan fingerprint density at radius 3 is 0.960 bits per heavy atom. The lowest BCUT2D eigenvalue weighted by atomic mass is 9.76. The summed E-state index contributed by atoms with van der Waals surface area (Å²) >= 11 is 0. The Bertz CT molecular complexity index is 5540. The molecule has 6 aliphatic rings. The van der Waals surface area contributed by atoms with E-state index in [4.69, 9.17) is 30.1 Å². The van der Waals surface area contributed by atoms with Crippen molar-refractivity contribution in [3.63, 3.8) is 0 Å². The predicted molar refractivity (Wildman–Crippen MR) is 494 cm³/mol. The Kier molecular flexibility index (Phi) is 27.3.